The molecule has 0 spiro atoms. The number of aryl methyl sites for hydroxylation is 2. The van der Waals surface area contributed by atoms with Gasteiger partial charge >= 0.3 is 5.97 Å². The fraction of sp³-hybridized carbons (Fsp3) is 0.167. The molecular formula is C24H22FNO5. The van der Waals surface area contributed by atoms with Crippen LogP contribution >= 0.6 is 0 Å². The number of anilines is 1. The Morgan fingerprint density at radius 3 is 2.26 bits per heavy atom. The Morgan fingerprint density at radius 2 is 1.65 bits per heavy atom. The Balaban J connectivity index is 1.79. The monoisotopic (exact) mass is 423 g/mol. The SMILES string of the molecule is Cc1cc(NC(=O)CC(=O)O)cc(C)c1Oc1ccc(O)c(Cc2ccc(F)cc2)c1. The van der Waals surface area contributed by atoms with Gasteiger partial charge in [0.1, 0.15) is 29.5 Å². The summed E-state index contributed by atoms with van der Waals surface area (Å²) in [7, 11) is 0. The van der Waals surface area contributed by atoms with Gasteiger partial charge in [-0.2, -0.15) is 0 Å². The molecule has 0 heterocycles. The van der Waals surface area contributed by atoms with Gasteiger partial charge in [-0.05, 0) is 73.0 Å². The maximum Gasteiger partial charge on any atom is 0.312 e. The van der Waals surface area contributed by atoms with E-state index in [0.29, 0.717) is 29.2 Å². The number of phenolic OH excluding ortho intramolecular Hbond substituents is 1. The zero-order valence-electron chi connectivity index (χ0n) is 17.1. The van der Waals surface area contributed by atoms with Gasteiger partial charge in [0.25, 0.3) is 0 Å². The van der Waals surface area contributed by atoms with Crippen molar-refractivity contribution in [3.05, 3.63) is 82.7 Å². The number of hydrogen-bond acceptors (Lipinski definition) is 4. The lowest BCUT2D eigenvalue weighted by Crippen LogP contribution is -2.16. The standard InChI is InChI=1S/C24H22FNO5/c1-14-9-19(26-22(28)13-23(29)30)10-15(2)24(14)31-20-7-8-21(27)17(12-20)11-16-3-5-18(25)6-4-16/h3-10,12,27H,11,13H2,1-2H3,(H,26,28)(H,29,30). The number of ether oxygens (including phenoxy) is 1. The minimum Gasteiger partial charge on any atom is -0.508 e. The summed E-state index contributed by atoms with van der Waals surface area (Å²) in [5.41, 5.74) is 3.47. The number of halogens is 1. The predicted molar refractivity (Wildman–Crippen MR) is 114 cm³/mol. The first-order valence-electron chi connectivity index (χ1n) is 9.58. The molecule has 1 amide bonds. The highest BCUT2D eigenvalue weighted by molar-refractivity contribution is 6.01. The number of nitrogens with one attached hydrogen (secondary N) is 1. The molecule has 0 fully saturated rings. The third-order valence-electron chi connectivity index (χ3n) is 4.63. The van der Waals surface area contributed by atoms with Gasteiger partial charge in [-0.3, -0.25) is 9.59 Å². The molecular weight excluding hydrogens is 401 g/mol. The number of carboxylic acids is 1. The lowest BCUT2D eigenvalue weighted by molar-refractivity contribution is -0.139. The van der Waals surface area contributed by atoms with Crippen LogP contribution in [0.3, 0.4) is 0 Å². The second-order valence-corrected chi connectivity index (χ2v) is 7.25. The van der Waals surface area contributed by atoms with Crippen molar-refractivity contribution in [1.82, 2.24) is 0 Å². The fourth-order valence-electron chi connectivity index (χ4n) is 3.23. The summed E-state index contributed by atoms with van der Waals surface area (Å²) in [6.07, 6.45) is -0.198. The Morgan fingerprint density at radius 1 is 1.00 bits per heavy atom. The van der Waals surface area contributed by atoms with Crippen LogP contribution in [0.2, 0.25) is 0 Å². The summed E-state index contributed by atoms with van der Waals surface area (Å²) in [6, 6.07) is 14.4. The van der Waals surface area contributed by atoms with Crippen molar-refractivity contribution in [1.29, 1.82) is 0 Å². The first kappa shape index (κ1) is 21.8. The highest BCUT2D eigenvalue weighted by Gasteiger charge is 2.13. The van der Waals surface area contributed by atoms with Crippen molar-refractivity contribution in [2.75, 3.05) is 5.32 Å². The van der Waals surface area contributed by atoms with Crippen LogP contribution in [0.5, 0.6) is 17.2 Å². The molecule has 160 valence electrons. The number of phenols is 1. The van der Waals surface area contributed by atoms with E-state index in [1.807, 2.05) is 13.8 Å². The van der Waals surface area contributed by atoms with Gasteiger partial charge < -0.3 is 20.3 Å². The van der Waals surface area contributed by atoms with E-state index in [4.69, 9.17) is 9.84 Å². The molecule has 0 radical (unpaired) electrons. The molecule has 3 N–H and O–H groups in total. The summed E-state index contributed by atoms with van der Waals surface area (Å²) in [4.78, 5) is 22.3. The second kappa shape index (κ2) is 9.30. The van der Waals surface area contributed by atoms with E-state index in [2.05, 4.69) is 5.32 Å². The minimum atomic E-state index is -1.20. The normalized spacial score (nSPS) is 10.5. The van der Waals surface area contributed by atoms with Gasteiger partial charge in [-0.15, -0.1) is 0 Å². The molecule has 31 heavy (non-hydrogen) atoms. The highest BCUT2D eigenvalue weighted by atomic mass is 19.1. The van der Waals surface area contributed by atoms with Crippen LogP contribution < -0.4 is 10.1 Å². The van der Waals surface area contributed by atoms with Crippen molar-refractivity contribution in [2.24, 2.45) is 0 Å². The van der Waals surface area contributed by atoms with Crippen LogP contribution in [-0.2, 0) is 16.0 Å². The van der Waals surface area contributed by atoms with Crippen LogP contribution in [-0.4, -0.2) is 22.1 Å². The average molecular weight is 423 g/mol. The summed E-state index contributed by atoms with van der Waals surface area (Å²) in [6.45, 7) is 3.63. The van der Waals surface area contributed by atoms with E-state index in [0.717, 1.165) is 16.7 Å². The number of amides is 1. The molecule has 3 aromatic carbocycles. The van der Waals surface area contributed by atoms with Gasteiger partial charge in [0.05, 0.1) is 0 Å². The van der Waals surface area contributed by atoms with E-state index in [1.165, 1.54) is 12.1 Å². The molecule has 0 unspecified atom stereocenters. The van der Waals surface area contributed by atoms with Crippen LogP contribution in [0, 0.1) is 19.7 Å². The number of hydrogen-bond donors (Lipinski definition) is 3. The Kier molecular flexibility index (Phi) is 6.55. The Labute approximate surface area is 178 Å². The molecule has 0 aromatic heterocycles. The number of carbonyl (C=O) groups is 2. The maximum absolute atomic E-state index is 13.1. The zero-order chi connectivity index (χ0) is 22.5. The molecule has 3 rings (SSSR count). The van der Waals surface area contributed by atoms with Crippen LogP contribution in [0.25, 0.3) is 0 Å². The van der Waals surface area contributed by atoms with Crippen molar-refractivity contribution >= 4 is 17.6 Å². The lowest BCUT2D eigenvalue weighted by Gasteiger charge is -2.15. The molecule has 0 aliphatic carbocycles. The molecule has 0 saturated heterocycles. The van der Waals surface area contributed by atoms with Gasteiger partial charge in [0.2, 0.25) is 5.91 Å². The number of aliphatic carboxylic acids is 1. The third kappa shape index (κ3) is 5.82. The number of aromatic hydroxyl groups is 1. The first-order chi connectivity index (χ1) is 14.7. The molecule has 7 heteroatoms. The summed E-state index contributed by atoms with van der Waals surface area (Å²) < 4.78 is 19.2. The van der Waals surface area contributed by atoms with Crippen LogP contribution in [0.4, 0.5) is 10.1 Å². The quantitative estimate of drug-likeness (QED) is 0.468. The topological polar surface area (TPSA) is 95.9 Å². The number of benzene rings is 3. The third-order valence-corrected chi connectivity index (χ3v) is 4.63. The van der Waals surface area contributed by atoms with Crippen LogP contribution in [0.15, 0.2) is 54.6 Å². The number of carboxylic acid groups (broad SMARTS) is 1. The fourth-order valence-corrected chi connectivity index (χ4v) is 3.23. The summed E-state index contributed by atoms with van der Waals surface area (Å²) >= 11 is 0. The van der Waals surface area contributed by atoms with Gasteiger partial charge in [-0.25, -0.2) is 4.39 Å². The van der Waals surface area contributed by atoms with E-state index >= 15 is 0 Å². The molecule has 6 nitrogen and oxygen atoms in total. The van der Waals surface area contributed by atoms with Gasteiger partial charge in [0.15, 0.2) is 0 Å². The second-order valence-electron chi connectivity index (χ2n) is 7.25. The van der Waals surface area contributed by atoms with Crippen molar-refractivity contribution in [3.63, 3.8) is 0 Å². The Hall–Kier alpha value is -3.87. The molecule has 0 bridgehead atoms. The molecule has 0 aliphatic rings. The zero-order valence-corrected chi connectivity index (χ0v) is 17.1. The van der Waals surface area contributed by atoms with Crippen molar-refractivity contribution in [3.8, 4) is 17.2 Å². The predicted octanol–water partition coefficient (Wildman–Crippen LogP) is 4.94. The Bertz CT molecular complexity index is 1100. The van der Waals surface area contributed by atoms with Crippen molar-refractivity contribution < 1.29 is 28.9 Å². The van der Waals surface area contributed by atoms with E-state index in [1.54, 1.807) is 42.5 Å². The smallest absolute Gasteiger partial charge is 0.312 e. The minimum absolute atomic E-state index is 0.113. The van der Waals surface area contributed by atoms with Crippen molar-refractivity contribution in [2.45, 2.75) is 26.7 Å². The molecule has 0 atom stereocenters. The van der Waals surface area contributed by atoms with E-state index < -0.39 is 18.3 Å². The molecule has 3 aromatic rings. The molecule has 0 saturated carbocycles. The van der Waals surface area contributed by atoms with Gasteiger partial charge in [-0.1, -0.05) is 12.1 Å². The largest absolute Gasteiger partial charge is 0.508 e. The van der Waals surface area contributed by atoms with E-state index in [-0.39, 0.29) is 11.6 Å². The van der Waals surface area contributed by atoms with Crippen LogP contribution in [0.1, 0.15) is 28.7 Å². The maximum atomic E-state index is 13.1. The van der Waals surface area contributed by atoms with Gasteiger partial charge in [0, 0.05) is 17.7 Å². The highest BCUT2D eigenvalue weighted by Crippen LogP contribution is 2.34. The van der Waals surface area contributed by atoms with E-state index in [9.17, 15) is 19.1 Å². The average Bonchev–Trinajstić information content (AvgIpc) is 2.68. The summed E-state index contributed by atoms with van der Waals surface area (Å²) in [5.74, 6) is -0.905. The number of rotatable bonds is 7. The summed E-state index contributed by atoms with van der Waals surface area (Å²) in [5, 5.41) is 21.5. The molecule has 0 aliphatic heterocycles. The lowest BCUT2D eigenvalue weighted by atomic mass is 10.0. The first-order valence-corrected chi connectivity index (χ1v) is 9.58. The number of carbonyl (C=O) groups excluding carboxylic acids is 1.